The predicted molar refractivity (Wildman–Crippen MR) is 59.4 cm³/mol. The molecule has 0 aromatic heterocycles. The summed E-state index contributed by atoms with van der Waals surface area (Å²) < 4.78 is 4.68. The summed E-state index contributed by atoms with van der Waals surface area (Å²) in [5.74, 6) is -0.353. The van der Waals surface area contributed by atoms with Gasteiger partial charge in [-0.05, 0) is 48.9 Å². The van der Waals surface area contributed by atoms with E-state index in [1.165, 1.54) is 31.1 Å². The number of esters is 1. The Morgan fingerprint density at radius 3 is 2.47 bits per heavy atom. The Labute approximate surface area is 94.2 Å². The fraction of sp³-hybridized carbons (Fsp3) is 0.417. The van der Waals surface area contributed by atoms with Gasteiger partial charge in [0.15, 0.2) is 0 Å². The van der Waals surface area contributed by atoms with Crippen LogP contribution in [0.3, 0.4) is 0 Å². The van der Waals surface area contributed by atoms with Crippen LogP contribution in [0.4, 0.5) is 0 Å². The summed E-state index contributed by atoms with van der Waals surface area (Å²) in [5, 5.41) is 0.502. The second-order valence-electron chi connectivity index (χ2n) is 3.80. The molecule has 1 aliphatic rings. The first-order chi connectivity index (χ1) is 7.22. The molecule has 0 saturated carbocycles. The van der Waals surface area contributed by atoms with Crippen LogP contribution in [0.2, 0.25) is 5.02 Å². The number of fused-ring (bicyclic) bond motifs is 1. The number of carbonyl (C=O) groups excluding carboxylic acids is 1. The van der Waals surface area contributed by atoms with Crippen molar-refractivity contribution in [2.24, 2.45) is 0 Å². The summed E-state index contributed by atoms with van der Waals surface area (Å²) in [7, 11) is 1.37. The van der Waals surface area contributed by atoms with Crippen LogP contribution < -0.4 is 0 Å². The van der Waals surface area contributed by atoms with Gasteiger partial charge in [-0.2, -0.15) is 0 Å². The number of aryl methyl sites for hydroxylation is 2. The van der Waals surface area contributed by atoms with Crippen LogP contribution >= 0.6 is 11.6 Å². The van der Waals surface area contributed by atoms with E-state index in [0.717, 1.165) is 12.8 Å². The topological polar surface area (TPSA) is 26.3 Å². The first-order valence-corrected chi connectivity index (χ1v) is 5.50. The summed E-state index contributed by atoms with van der Waals surface area (Å²) in [4.78, 5) is 11.4. The van der Waals surface area contributed by atoms with Crippen molar-refractivity contribution in [3.8, 4) is 0 Å². The van der Waals surface area contributed by atoms with Crippen molar-refractivity contribution in [3.63, 3.8) is 0 Å². The molecule has 0 atom stereocenters. The molecule has 0 N–H and O–H groups in total. The van der Waals surface area contributed by atoms with Crippen molar-refractivity contribution in [3.05, 3.63) is 33.8 Å². The number of methoxy groups -OCH3 is 1. The SMILES string of the molecule is COC(=O)c1cc2c(cc1Cl)CCCC2. The zero-order valence-electron chi connectivity index (χ0n) is 8.68. The zero-order chi connectivity index (χ0) is 10.8. The summed E-state index contributed by atoms with van der Waals surface area (Å²) in [6.07, 6.45) is 4.50. The zero-order valence-corrected chi connectivity index (χ0v) is 9.43. The minimum absolute atomic E-state index is 0.353. The summed E-state index contributed by atoms with van der Waals surface area (Å²) in [5.41, 5.74) is 3.00. The molecule has 2 nitrogen and oxygen atoms in total. The van der Waals surface area contributed by atoms with E-state index in [9.17, 15) is 4.79 Å². The van der Waals surface area contributed by atoms with Gasteiger partial charge in [-0.1, -0.05) is 11.6 Å². The second-order valence-corrected chi connectivity index (χ2v) is 4.21. The number of benzene rings is 1. The number of ether oxygens (including phenoxy) is 1. The van der Waals surface area contributed by atoms with Gasteiger partial charge in [0.25, 0.3) is 0 Å². The normalized spacial score (nSPS) is 14.5. The average Bonchev–Trinajstić information content (AvgIpc) is 2.27. The van der Waals surface area contributed by atoms with E-state index >= 15 is 0 Å². The van der Waals surface area contributed by atoms with Gasteiger partial charge < -0.3 is 4.74 Å². The number of rotatable bonds is 1. The highest BCUT2D eigenvalue weighted by molar-refractivity contribution is 6.33. The Hall–Kier alpha value is -1.02. The lowest BCUT2D eigenvalue weighted by atomic mass is 9.90. The standard InChI is InChI=1S/C12H13ClO2/c1-15-12(14)10-6-8-4-2-3-5-9(8)7-11(10)13/h6-7H,2-5H2,1H3. The summed E-state index contributed by atoms with van der Waals surface area (Å²) in [6.45, 7) is 0. The molecule has 0 amide bonds. The Balaban J connectivity index is 2.44. The van der Waals surface area contributed by atoms with Crippen LogP contribution in [0.25, 0.3) is 0 Å². The van der Waals surface area contributed by atoms with E-state index < -0.39 is 0 Å². The van der Waals surface area contributed by atoms with Crippen LogP contribution in [0.5, 0.6) is 0 Å². The Bertz CT molecular complexity index is 399. The molecule has 0 aliphatic heterocycles. The van der Waals surface area contributed by atoms with Gasteiger partial charge in [-0.3, -0.25) is 0 Å². The van der Waals surface area contributed by atoms with Crippen LogP contribution in [-0.2, 0) is 17.6 Å². The summed E-state index contributed by atoms with van der Waals surface area (Å²) >= 11 is 6.03. The number of halogens is 1. The lowest BCUT2D eigenvalue weighted by Gasteiger charge is -2.17. The quantitative estimate of drug-likeness (QED) is 0.686. The third-order valence-electron chi connectivity index (χ3n) is 2.84. The number of hydrogen-bond donors (Lipinski definition) is 0. The molecule has 0 bridgehead atoms. The van der Waals surface area contributed by atoms with E-state index in [4.69, 9.17) is 11.6 Å². The molecule has 0 heterocycles. The van der Waals surface area contributed by atoms with E-state index in [-0.39, 0.29) is 5.97 Å². The van der Waals surface area contributed by atoms with Gasteiger partial charge in [0.05, 0.1) is 17.7 Å². The van der Waals surface area contributed by atoms with Crippen LogP contribution in [-0.4, -0.2) is 13.1 Å². The van der Waals surface area contributed by atoms with Crippen LogP contribution in [0.1, 0.15) is 34.3 Å². The maximum absolute atomic E-state index is 11.4. The number of carbonyl (C=O) groups is 1. The van der Waals surface area contributed by atoms with Gasteiger partial charge >= 0.3 is 5.97 Å². The van der Waals surface area contributed by atoms with Crippen LogP contribution in [0.15, 0.2) is 12.1 Å². The van der Waals surface area contributed by atoms with Crippen molar-refractivity contribution in [1.82, 2.24) is 0 Å². The molecule has 1 aromatic carbocycles. The van der Waals surface area contributed by atoms with Crippen molar-refractivity contribution < 1.29 is 9.53 Å². The van der Waals surface area contributed by atoms with E-state index in [2.05, 4.69) is 4.74 Å². The predicted octanol–water partition coefficient (Wildman–Crippen LogP) is 3.01. The van der Waals surface area contributed by atoms with Gasteiger partial charge in [0.1, 0.15) is 0 Å². The van der Waals surface area contributed by atoms with Crippen molar-refractivity contribution >= 4 is 17.6 Å². The van der Waals surface area contributed by atoms with E-state index in [0.29, 0.717) is 10.6 Å². The van der Waals surface area contributed by atoms with Crippen molar-refractivity contribution in [2.75, 3.05) is 7.11 Å². The third-order valence-corrected chi connectivity index (χ3v) is 3.15. The maximum Gasteiger partial charge on any atom is 0.339 e. The Kier molecular flexibility index (Phi) is 2.96. The van der Waals surface area contributed by atoms with Gasteiger partial charge in [0.2, 0.25) is 0 Å². The second kappa shape index (κ2) is 4.23. The smallest absolute Gasteiger partial charge is 0.339 e. The average molecular weight is 225 g/mol. The fourth-order valence-corrected chi connectivity index (χ4v) is 2.29. The monoisotopic (exact) mass is 224 g/mol. The minimum atomic E-state index is -0.353. The molecule has 2 rings (SSSR count). The molecule has 3 heteroatoms. The first-order valence-electron chi connectivity index (χ1n) is 5.12. The third kappa shape index (κ3) is 2.00. The molecule has 0 unspecified atom stereocenters. The van der Waals surface area contributed by atoms with Gasteiger partial charge in [-0.25, -0.2) is 4.79 Å². The molecule has 0 spiro atoms. The molecule has 0 saturated heterocycles. The van der Waals surface area contributed by atoms with Crippen molar-refractivity contribution in [1.29, 1.82) is 0 Å². The van der Waals surface area contributed by atoms with E-state index in [1.807, 2.05) is 12.1 Å². The molecule has 0 fully saturated rings. The maximum atomic E-state index is 11.4. The molecular weight excluding hydrogens is 212 g/mol. The van der Waals surface area contributed by atoms with Crippen molar-refractivity contribution in [2.45, 2.75) is 25.7 Å². The molecule has 1 aliphatic carbocycles. The largest absolute Gasteiger partial charge is 0.465 e. The Morgan fingerprint density at radius 2 is 1.87 bits per heavy atom. The van der Waals surface area contributed by atoms with Crippen LogP contribution in [0, 0.1) is 0 Å². The molecule has 15 heavy (non-hydrogen) atoms. The van der Waals surface area contributed by atoms with Gasteiger partial charge in [-0.15, -0.1) is 0 Å². The lowest BCUT2D eigenvalue weighted by Crippen LogP contribution is -2.08. The summed E-state index contributed by atoms with van der Waals surface area (Å²) in [6, 6.07) is 3.78. The molecule has 80 valence electrons. The highest BCUT2D eigenvalue weighted by Gasteiger charge is 2.16. The molecule has 1 aromatic rings. The first kappa shape index (κ1) is 10.5. The lowest BCUT2D eigenvalue weighted by molar-refractivity contribution is 0.0601. The molecular formula is C12H13ClO2. The number of hydrogen-bond acceptors (Lipinski definition) is 2. The van der Waals surface area contributed by atoms with E-state index in [1.54, 1.807) is 0 Å². The minimum Gasteiger partial charge on any atom is -0.465 e. The molecule has 0 radical (unpaired) electrons. The highest BCUT2D eigenvalue weighted by atomic mass is 35.5. The Morgan fingerprint density at radius 1 is 1.27 bits per heavy atom. The highest BCUT2D eigenvalue weighted by Crippen LogP contribution is 2.27. The van der Waals surface area contributed by atoms with Gasteiger partial charge in [0, 0.05) is 0 Å². The fourth-order valence-electron chi connectivity index (χ4n) is 2.02.